The van der Waals surface area contributed by atoms with E-state index in [0.29, 0.717) is 11.4 Å². The van der Waals surface area contributed by atoms with Crippen molar-refractivity contribution in [2.24, 2.45) is 0 Å². The number of anilines is 4. The van der Waals surface area contributed by atoms with Gasteiger partial charge in [0.05, 0.1) is 24.6 Å². The molecule has 0 bridgehead atoms. The fraction of sp³-hybridized carbons (Fsp3) is 0.333. The van der Waals surface area contributed by atoms with Crippen LogP contribution in [0.2, 0.25) is 0 Å². The number of hydrogen-bond acceptors (Lipinski definition) is 6. The van der Waals surface area contributed by atoms with E-state index in [9.17, 15) is 0 Å². The maximum Gasteiger partial charge on any atom is 0.153 e. The smallest absolute Gasteiger partial charge is 0.153 e. The molecule has 0 aromatic heterocycles. The molecular weight excluding hydrogens is 304 g/mol. The average molecular weight is 326 g/mol. The summed E-state index contributed by atoms with van der Waals surface area (Å²) in [6, 6.07) is 11.6. The van der Waals surface area contributed by atoms with Crippen LogP contribution in [-0.4, -0.2) is 44.3 Å². The summed E-state index contributed by atoms with van der Waals surface area (Å²) in [7, 11) is 0. The molecule has 0 radical (unpaired) electrons. The third-order valence-corrected chi connectivity index (χ3v) is 4.51. The van der Waals surface area contributed by atoms with E-state index in [2.05, 4.69) is 9.80 Å². The highest BCUT2D eigenvalue weighted by Gasteiger charge is 2.25. The Hall–Kier alpha value is -2.44. The molecule has 1 saturated heterocycles. The Kier molecular flexibility index (Phi) is 3.92. The van der Waals surface area contributed by atoms with Crippen LogP contribution in [0, 0.1) is 0 Å². The molecule has 4 N–H and O–H groups in total. The maximum absolute atomic E-state index is 6.03. The van der Waals surface area contributed by atoms with E-state index in [0.717, 1.165) is 62.3 Å². The van der Waals surface area contributed by atoms with E-state index in [1.54, 1.807) is 0 Å². The van der Waals surface area contributed by atoms with Crippen molar-refractivity contribution in [3.63, 3.8) is 0 Å². The van der Waals surface area contributed by atoms with Crippen molar-refractivity contribution in [2.75, 3.05) is 55.8 Å². The standard InChI is InChI=1S/C18H22N4O2/c19-13-1-3-15-17(11-13)24-18-12-14(20)2-4-16(18)22(15)6-5-21-7-9-23-10-8-21/h1-4,11-12H,5-10,19-20H2. The van der Waals surface area contributed by atoms with Crippen molar-refractivity contribution in [1.29, 1.82) is 0 Å². The minimum Gasteiger partial charge on any atom is -0.453 e. The van der Waals surface area contributed by atoms with Gasteiger partial charge in [0.1, 0.15) is 0 Å². The van der Waals surface area contributed by atoms with Crippen LogP contribution in [0.3, 0.4) is 0 Å². The molecular formula is C18H22N4O2. The number of nitrogens with zero attached hydrogens (tertiary/aromatic N) is 2. The molecule has 0 spiro atoms. The van der Waals surface area contributed by atoms with Crippen molar-refractivity contribution >= 4 is 22.7 Å². The lowest BCUT2D eigenvalue weighted by Gasteiger charge is -2.35. The molecule has 1 fully saturated rings. The first-order valence-corrected chi connectivity index (χ1v) is 8.25. The van der Waals surface area contributed by atoms with Gasteiger partial charge < -0.3 is 25.8 Å². The van der Waals surface area contributed by atoms with Crippen LogP contribution < -0.4 is 21.1 Å². The topological polar surface area (TPSA) is 77.0 Å². The Bertz CT molecular complexity index is 692. The molecule has 0 aliphatic carbocycles. The fourth-order valence-electron chi connectivity index (χ4n) is 3.23. The van der Waals surface area contributed by atoms with Gasteiger partial charge in [-0.2, -0.15) is 0 Å². The Morgan fingerprint density at radius 3 is 2.00 bits per heavy atom. The number of morpholine rings is 1. The third kappa shape index (κ3) is 2.86. The summed E-state index contributed by atoms with van der Waals surface area (Å²) < 4.78 is 11.5. The van der Waals surface area contributed by atoms with E-state index >= 15 is 0 Å². The normalized spacial score (nSPS) is 17.1. The quantitative estimate of drug-likeness (QED) is 0.844. The van der Waals surface area contributed by atoms with Gasteiger partial charge in [0.15, 0.2) is 11.5 Å². The first-order chi connectivity index (χ1) is 11.7. The molecule has 4 rings (SSSR count). The first-order valence-electron chi connectivity index (χ1n) is 8.25. The van der Waals surface area contributed by atoms with Crippen molar-refractivity contribution in [1.82, 2.24) is 4.90 Å². The summed E-state index contributed by atoms with van der Waals surface area (Å²) in [5, 5.41) is 0. The summed E-state index contributed by atoms with van der Waals surface area (Å²) in [6.45, 7) is 5.42. The van der Waals surface area contributed by atoms with E-state index in [-0.39, 0.29) is 0 Å². The molecule has 6 nitrogen and oxygen atoms in total. The van der Waals surface area contributed by atoms with Crippen molar-refractivity contribution < 1.29 is 9.47 Å². The van der Waals surface area contributed by atoms with Gasteiger partial charge in [-0.05, 0) is 24.3 Å². The van der Waals surface area contributed by atoms with E-state index in [4.69, 9.17) is 20.9 Å². The van der Waals surface area contributed by atoms with Gasteiger partial charge in [-0.3, -0.25) is 4.90 Å². The van der Waals surface area contributed by atoms with Gasteiger partial charge >= 0.3 is 0 Å². The highest BCUT2D eigenvalue weighted by atomic mass is 16.5. The maximum atomic E-state index is 6.03. The van der Waals surface area contributed by atoms with Crippen LogP contribution in [0.15, 0.2) is 36.4 Å². The molecule has 2 aromatic carbocycles. The molecule has 0 amide bonds. The van der Waals surface area contributed by atoms with Gasteiger partial charge in [0.2, 0.25) is 0 Å². The second kappa shape index (κ2) is 6.22. The molecule has 2 aliphatic rings. The number of ether oxygens (including phenoxy) is 2. The minimum absolute atomic E-state index is 0.689. The Balaban J connectivity index is 1.64. The zero-order valence-electron chi connectivity index (χ0n) is 13.6. The third-order valence-electron chi connectivity index (χ3n) is 4.51. The van der Waals surface area contributed by atoms with Gasteiger partial charge in [0.25, 0.3) is 0 Å². The number of fused-ring (bicyclic) bond motifs is 2. The van der Waals surface area contributed by atoms with E-state index < -0.39 is 0 Å². The number of nitrogens with two attached hydrogens (primary N) is 2. The SMILES string of the molecule is Nc1ccc2c(c1)Oc1cc(N)ccc1N2CCN1CCOCC1. The molecule has 0 unspecified atom stereocenters. The Labute approximate surface area is 141 Å². The van der Waals surface area contributed by atoms with Crippen LogP contribution in [0.4, 0.5) is 22.7 Å². The summed E-state index contributed by atoms with van der Waals surface area (Å²) in [6.07, 6.45) is 0. The van der Waals surface area contributed by atoms with Gasteiger partial charge in [-0.25, -0.2) is 0 Å². The lowest BCUT2D eigenvalue weighted by Crippen LogP contribution is -2.41. The summed E-state index contributed by atoms with van der Waals surface area (Å²) >= 11 is 0. The van der Waals surface area contributed by atoms with Gasteiger partial charge in [-0.1, -0.05) is 0 Å². The van der Waals surface area contributed by atoms with E-state index in [1.807, 2.05) is 36.4 Å². The number of rotatable bonds is 3. The zero-order chi connectivity index (χ0) is 16.5. The van der Waals surface area contributed by atoms with Crippen LogP contribution >= 0.6 is 0 Å². The zero-order valence-corrected chi connectivity index (χ0v) is 13.6. The highest BCUT2D eigenvalue weighted by molar-refractivity contribution is 5.80. The lowest BCUT2D eigenvalue weighted by molar-refractivity contribution is 0.0394. The van der Waals surface area contributed by atoms with Crippen molar-refractivity contribution in [3.05, 3.63) is 36.4 Å². The number of nitrogen functional groups attached to an aromatic ring is 2. The molecule has 24 heavy (non-hydrogen) atoms. The molecule has 2 heterocycles. The molecule has 2 aromatic rings. The molecule has 2 aliphatic heterocycles. The highest BCUT2D eigenvalue weighted by Crippen LogP contribution is 2.47. The lowest BCUT2D eigenvalue weighted by atomic mass is 10.1. The molecule has 0 atom stereocenters. The van der Waals surface area contributed by atoms with Crippen LogP contribution in [0.5, 0.6) is 11.5 Å². The molecule has 0 saturated carbocycles. The van der Waals surface area contributed by atoms with Crippen LogP contribution in [-0.2, 0) is 4.74 Å². The second-order valence-corrected chi connectivity index (χ2v) is 6.16. The number of benzene rings is 2. The minimum atomic E-state index is 0.689. The summed E-state index contributed by atoms with van der Waals surface area (Å²) in [4.78, 5) is 4.70. The summed E-state index contributed by atoms with van der Waals surface area (Å²) in [5.41, 5.74) is 15.3. The molecule has 126 valence electrons. The van der Waals surface area contributed by atoms with Crippen molar-refractivity contribution in [2.45, 2.75) is 0 Å². The average Bonchev–Trinajstić information content (AvgIpc) is 2.59. The monoisotopic (exact) mass is 326 g/mol. The Morgan fingerprint density at radius 2 is 1.42 bits per heavy atom. The van der Waals surface area contributed by atoms with Gasteiger partial charge in [0, 0.05) is 49.7 Å². The Morgan fingerprint density at radius 1 is 0.833 bits per heavy atom. The number of hydrogen-bond donors (Lipinski definition) is 2. The fourth-order valence-corrected chi connectivity index (χ4v) is 3.23. The predicted molar refractivity (Wildman–Crippen MR) is 96.0 cm³/mol. The van der Waals surface area contributed by atoms with Gasteiger partial charge in [-0.15, -0.1) is 0 Å². The van der Waals surface area contributed by atoms with Crippen molar-refractivity contribution in [3.8, 4) is 11.5 Å². The van der Waals surface area contributed by atoms with Crippen LogP contribution in [0.25, 0.3) is 0 Å². The second-order valence-electron chi connectivity index (χ2n) is 6.16. The summed E-state index contributed by atoms with van der Waals surface area (Å²) in [5.74, 6) is 1.55. The van der Waals surface area contributed by atoms with Crippen LogP contribution in [0.1, 0.15) is 0 Å². The van der Waals surface area contributed by atoms with E-state index in [1.165, 1.54) is 0 Å². The predicted octanol–water partition coefficient (Wildman–Crippen LogP) is 2.43. The molecule has 6 heteroatoms. The largest absolute Gasteiger partial charge is 0.453 e. The first kappa shape index (κ1) is 15.1.